The summed E-state index contributed by atoms with van der Waals surface area (Å²) in [4.78, 5) is 39.8. The van der Waals surface area contributed by atoms with Crippen molar-refractivity contribution < 1.29 is 14.4 Å². The highest BCUT2D eigenvalue weighted by atomic mass is 32.2. The summed E-state index contributed by atoms with van der Waals surface area (Å²) in [5, 5.41) is 4.53. The second-order valence-electron chi connectivity index (χ2n) is 6.55. The Morgan fingerprint density at radius 1 is 1.15 bits per heavy atom. The van der Waals surface area contributed by atoms with Crippen LogP contribution in [0.2, 0.25) is 0 Å². The average molecular weight is 399 g/mol. The molecular weight excluding hydrogens is 380 g/mol. The topological polar surface area (TPSA) is 66.5 Å². The molecule has 0 atom stereocenters. The third kappa shape index (κ3) is 3.57. The van der Waals surface area contributed by atoms with E-state index < -0.39 is 5.41 Å². The van der Waals surface area contributed by atoms with Gasteiger partial charge in [0, 0.05) is 18.0 Å². The summed E-state index contributed by atoms with van der Waals surface area (Å²) in [6.45, 7) is 0.445. The number of imide groups is 1. The zero-order chi connectivity index (χ0) is 18.9. The lowest BCUT2D eigenvalue weighted by molar-refractivity contribution is -0.125. The van der Waals surface area contributed by atoms with Crippen molar-refractivity contribution in [1.29, 1.82) is 0 Å². The Balaban J connectivity index is 1.35. The third-order valence-corrected chi connectivity index (χ3v) is 6.55. The molecule has 1 aliphatic carbocycles. The van der Waals surface area contributed by atoms with Crippen LogP contribution in [0.5, 0.6) is 0 Å². The van der Waals surface area contributed by atoms with Crippen molar-refractivity contribution >= 4 is 46.2 Å². The lowest BCUT2D eigenvalue weighted by atomic mass is 9.95. The lowest BCUT2D eigenvalue weighted by Crippen LogP contribution is -2.41. The Hall–Kier alpha value is -2.38. The summed E-state index contributed by atoms with van der Waals surface area (Å²) >= 11 is 2.46. The highest BCUT2D eigenvalue weighted by Crippen LogP contribution is 2.48. The number of thioether (sulfide) groups is 1. The van der Waals surface area contributed by atoms with Gasteiger partial charge in [0.05, 0.1) is 10.3 Å². The van der Waals surface area contributed by atoms with Crippen LogP contribution in [0, 0.1) is 0 Å². The SMILES string of the molecule is O=C1S/C(=C/c2cccs2)C(=O)N1CCNC(=O)C1(c2ccccc2)CC1. The van der Waals surface area contributed by atoms with E-state index in [2.05, 4.69) is 5.32 Å². The summed E-state index contributed by atoms with van der Waals surface area (Å²) in [6.07, 6.45) is 3.39. The van der Waals surface area contributed by atoms with Gasteiger partial charge in [0.15, 0.2) is 0 Å². The molecule has 2 aromatic rings. The zero-order valence-corrected chi connectivity index (χ0v) is 16.1. The summed E-state index contributed by atoms with van der Waals surface area (Å²) in [5.74, 6) is -0.327. The molecule has 2 fully saturated rings. The molecule has 2 heterocycles. The molecule has 0 unspecified atom stereocenters. The molecule has 4 rings (SSSR count). The summed E-state index contributed by atoms with van der Waals surface area (Å²) in [6, 6.07) is 13.5. The van der Waals surface area contributed by atoms with Gasteiger partial charge in [0.1, 0.15) is 0 Å². The first kappa shape index (κ1) is 18.0. The molecule has 1 aromatic carbocycles. The summed E-state index contributed by atoms with van der Waals surface area (Å²) in [7, 11) is 0. The fourth-order valence-corrected chi connectivity index (χ4v) is 4.76. The molecular formula is C20H18N2O3S2. The van der Waals surface area contributed by atoms with E-state index in [9.17, 15) is 14.4 Å². The number of nitrogens with one attached hydrogen (secondary N) is 1. The van der Waals surface area contributed by atoms with E-state index in [0.29, 0.717) is 4.91 Å². The third-order valence-electron chi connectivity index (χ3n) is 4.82. The van der Waals surface area contributed by atoms with Gasteiger partial charge in [-0.1, -0.05) is 36.4 Å². The molecule has 27 heavy (non-hydrogen) atoms. The molecule has 1 N–H and O–H groups in total. The Labute approximate surface area is 165 Å². The minimum atomic E-state index is -0.445. The Morgan fingerprint density at radius 2 is 1.93 bits per heavy atom. The molecule has 1 saturated carbocycles. The monoisotopic (exact) mass is 398 g/mol. The molecule has 1 aliphatic heterocycles. The quantitative estimate of drug-likeness (QED) is 0.755. The van der Waals surface area contributed by atoms with E-state index in [1.165, 1.54) is 16.2 Å². The highest BCUT2D eigenvalue weighted by Gasteiger charge is 2.51. The number of hydrogen-bond donors (Lipinski definition) is 1. The van der Waals surface area contributed by atoms with Crippen LogP contribution in [0.3, 0.4) is 0 Å². The second-order valence-corrected chi connectivity index (χ2v) is 8.53. The van der Waals surface area contributed by atoms with Crippen LogP contribution in [0.1, 0.15) is 23.3 Å². The standard InChI is InChI=1S/C20H18N2O3S2/c23-17-16(13-15-7-4-12-26-15)27-19(25)22(17)11-10-21-18(24)20(8-9-20)14-5-2-1-3-6-14/h1-7,12-13H,8-11H2,(H,21,24)/b16-13+. The molecule has 5 nitrogen and oxygen atoms in total. The van der Waals surface area contributed by atoms with Crippen LogP contribution >= 0.6 is 23.1 Å². The number of hydrogen-bond acceptors (Lipinski definition) is 5. The van der Waals surface area contributed by atoms with E-state index in [0.717, 1.165) is 35.0 Å². The highest BCUT2D eigenvalue weighted by molar-refractivity contribution is 8.18. The number of nitrogens with zero attached hydrogens (tertiary/aromatic N) is 1. The average Bonchev–Trinajstić information content (AvgIpc) is 3.26. The number of amides is 3. The Kier molecular flexibility index (Phi) is 4.88. The minimum Gasteiger partial charge on any atom is -0.354 e. The number of carbonyl (C=O) groups is 3. The zero-order valence-electron chi connectivity index (χ0n) is 14.5. The lowest BCUT2D eigenvalue weighted by Gasteiger charge is -2.17. The van der Waals surface area contributed by atoms with E-state index >= 15 is 0 Å². The van der Waals surface area contributed by atoms with Gasteiger partial charge in [-0.05, 0) is 47.7 Å². The maximum absolute atomic E-state index is 12.6. The van der Waals surface area contributed by atoms with Gasteiger partial charge < -0.3 is 5.32 Å². The molecule has 1 aromatic heterocycles. The minimum absolute atomic E-state index is 0.0326. The maximum atomic E-state index is 12.6. The molecule has 0 spiro atoms. The van der Waals surface area contributed by atoms with Gasteiger partial charge in [-0.3, -0.25) is 19.3 Å². The summed E-state index contributed by atoms with van der Waals surface area (Å²) < 4.78 is 0. The van der Waals surface area contributed by atoms with Crippen molar-refractivity contribution in [3.8, 4) is 0 Å². The number of thiophene rings is 1. The smallest absolute Gasteiger partial charge is 0.293 e. The molecule has 3 amide bonds. The number of carbonyl (C=O) groups excluding carboxylic acids is 3. The van der Waals surface area contributed by atoms with Crippen LogP contribution in [-0.4, -0.2) is 35.0 Å². The van der Waals surface area contributed by atoms with Crippen molar-refractivity contribution in [2.75, 3.05) is 13.1 Å². The predicted molar refractivity (Wildman–Crippen MR) is 107 cm³/mol. The van der Waals surface area contributed by atoms with Crippen molar-refractivity contribution in [3.05, 3.63) is 63.2 Å². The van der Waals surface area contributed by atoms with Gasteiger partial charge in [-0.25, -0.2) is 0 Å². The van der Waals surface area contributed by atoms with Gasteiger partial charge in [0.2, 0.25) is 5.91 Å². The fourth-order valence-electron chi connectivity index (χ4n) is 3.17. The van der Waals surface area contributed by atoms with Gasteiger partial charge in [0.25, 0.3) is 11.1 Å². The first-order chi connectivity index (χ1) is 13.1. The molecule has 0 radical (unpaired) electrons. The largest absolute Gasteiger partial charge is 0.354 e. The van der Waals surface area contributed by atoms with Crippen LogP contribution in [0.4, 0.5) is 4.79 Å². The second kappa shape index (κ2) is 7.32. The summed E-state index contributed by atoms with van der Waals surface area (Å²) in [5.41, 5.74) is 0.576. The molecule has 0 bridgehead atoms. The van der Waals surface area contributed by atoms with Crippen LogP contribution in [0.15, 0.2) is 52.7 Å². The van der Waals surface area contributed by atoms with E-state index in [4.69, 9.17) is 0 Å². The molecule has 2 aliphatic rings. The van der Waals surface area contributed by atoms with Crippen LogP contribution in [0.25, 0.3) is 6.08 Å². The fraction of sp³-hybridized carbons (Fsp3) is 0.250. The maximum Gasteiger partial charge on any atom is 0.293 e. The number of benzene rings is 1. The number of rotatable bonds is 6. The first-order valence-electron chi connectivity index (χ1n) is 8.73. The Bertz CT molecular complexity index is 903. The first-order valence-corrected chi connectivity index (χ1v) is 10.4. The molecule has 1 saturated heterocycles. The van der Waals surface area contributed by atoms with E-state index in [-0.39, 0.29) is 30.1 Å². The van der Waals surface area contributed by atoms with Gasteiger partial charge >= 0.3 is 0 Å². The van der Waals surface area contributed by atoms with E-state index in [1.54, 1.807) is 6.08 Å². The van der Waals surface area contributed by atoms with Gasteiger partial charge in [-0.2, -0.15) is 0 Å². The Morgan fingerprint density at radius 3 is 2.59 bits per heavy atom. The van der Waals surface area contributed by atoms with Crippen LogP contribution < -0.4 is 5.32 Å². The molecule has 138 valence electrons. The van der Waals surface area contributed by atoms with E-state index in [1.807, 2.05) is 47.8 Å². The normalized spacial score (nSPS) is 19.6. The van der Waals surface area contributed by atoms with Crippen molar-refractivity contribution in [2.45, 2.75) is 18.3 Å². The van der Waals surface area contributed by atoms with Crippen LogP contribution in [-0.2, 0) is 15.0 Å². The van der Waals surface area contributed by atoms with Crippen molar-refractivity contribution in [2.24, 2.45) is 0 Å². The predicted octanol–water partition coefficient (Wildman–Crippen LogP) is 3.63. The van der Waals surface area contributed by atoms with Crippen molar-refractivity contribution in [1.82, 2.24) is 10.2 Å². The van der Waals surface area contributed by atoms with Gasteiger partial charge in [-0.15, -0.1) is 11.3 Å². The van der Waals surface area contributed by atoms with Crippen molar-refractivity contribution in [3.63, 3.8) is 0 Å². The molecule has 7 heteroatoms.